The molecular formula is C34H34FN7O4. The summed E-state index contributed by atoms with van der Waals surface area (Å²) in [5.74, 6) is -1.01. The first kappa shape index (κ1) is 30.8. The maximum Gasteiger partial charge on any atom is 0.410 e. The van der Waals surface area contributed by atoms with Gasteiger partial charge in [-0.15, -0.1) is 5.10 Å². The summed E-state index contributed by atoms with van der Waals surface area (Å²) in [6, 6.07) is 14.7. The minimum absolute atomic E-state index is 0.124. The van der Waals surface area contributed by atoms with Crippen molar-refractivity contribution in [1.29, 1.82) is 0 Å². The summed E-state index contributed by atoms with van der Waals surface area (Å²) in [7, 11) is 0. The summed E-state index contributed by atoms with van der Waals surface area (Å²) < 4.78 is 23.0. The van der Waals surface area contributed by atoms with Crippen LogP contribution in [0.3, 0.4) is 0 Å². The monoisotopic (exact) mass is 623 g/mol. The van der Waals surface area contributed by atoms with E-state index >= 15 is 4.39 Å². The fraction of sp³-hybridized carbons (Fsp3) is 0.294. The van der Waals surface area contributed by atoms with Crippen LogP contribution in [0, 0.1) is 5.82 Å². The Bertz CT molecular complexity index is 1950. The van der Waals surface area contributed by atoms with Gasteiger partial charge in [0.2, 0.25) is 0 Å². The molecule has 0 aliphatic carbocycles. The van der Waals surface area contributed by atoms with Gasteiger partial charge in [-0.2, -0.15) is 4.68 Å². The van der Waals surface area contributed by atoms with Crippen molar-refractivity contribution in [3.05, 3.63) is 90.0 Å². The molecule has 0 saturated carbocycles. The van der Waals surface area contributed by atoms with E-state index in [1.54, 1.807) is 68.4 Å². The molecule has 2 aromatic carbocycles. The van der Waals surface area contributed by atoms with Crippen LogP contribution in [-0.4, -0.2) is 78.3 Å². The van der Waals surface area contributed by atoms with Gasteiger partial charge in [-0.05, 0) is 81.0 Å². The van der Waals surface area contributed by atoms with E-state index in [0.29, 0.717) is 47.4 Å². The molecule has 1 fully saturated rings. The summed E-state index contributed by atoms with van der Waals surface area (Å²) in [4.78, 5) is 39.6. The van der Waals surface area contributed by atoms with Crippen LogP contribution in [0.15, 0.2) is 73.1 Å². The maximum absolute atomic E-state index is 16.0. The number of amides is 2. The van der Waals surface area contributed by atoms with Gasteiger partial charge in [0, 0.05) is 36.9 Å². The number of ether oxygens (including phenoxy) is 1. The third-order valence-corrected chi connectivity index (χ3v) is 7.68. The predicted octanol–water partition coefficient (Wildman–Crippen LogP) is 5.55. The van der Waals surface area contributed by atoms with Crippen LogP contribution >= 0.6 is 0 Å². The standard InChI is InChI=1S/C34H34FN7O4/c1-34(2,3)46-33(45)40-17-5-8-25(21-40)41(30-27-19-22(7-6-18-43)10-11-23(27)14-16-37-30)32(44)26-13-12-24(20-28(26)35)42-31-29(38-39-42)9-4-15-36-31/h4,6-7,9-16,19-20,25,43H,5,8,17-18,21H2,1-3H3/b7-6-/t25-/m1/s1. The van der Waals surface area contributed by atoms with Crippen molar-refractivity contribution >= 4 is 45.8 Å². The molecule has 1 aliphatic heterocycles. The molecule has 236 valence electrons. The zero-order valence-electron chi connectivity index (χ0n) is 25.8. The molecule has 11 nitrogen and oxygen atoms in total. The van der Waals surface area contributed by atoms with Crippen LogP contribution in [-0.2, 0) is 4.74 Å². The number of carbonyl (C=O) groups is 2. The molecule has 4 heterocycles. The Morgan fingerprint density at radius 1 is 1.11 bits per heavy atom. The second kappa shape index (κ2) is 12.6. The third-order valence-electron chi connectivity index (χ3n) is 7.68. The normalized spacial score (nSPS) is 15.5. The van der Waals surface area contributed by atoms with Crippen molar-refractivity contribution in [2.45, 2.75) is 45.3 Å². The molecule has 1 atom stereocenters. The topological polar surface area (TPSA) is 127 Å². The van der Waals surface area contributed by atoms with Crippen LogP contribution in [0.2, 0.25) is 0 Å². The Labute approximate surface area is 264 Å². The SMILES string of the molecule is CC(C)(C)OC(=O)N1CCC[C@@H](N(C(=O)c2ccc(-n3nnc4cccnc43)cc2F)c2nccc3ccc(/C=C\CO)cc23)C1. The fourth-order valence-electron chi connectivity index (χ4n) is 5.63. The number of anilines is 1. The zero-order valence-corrected chi connectivity index (χ0v) is 25.8. The summed E-state index contributed by atoms with van der Waals surface area (Å²) in [6.07, 6.45) is 7.29. The first-order chi connectivity index (χ1) is 22.1. The van der Waals surface area contributed by atoms with Gasteiger partial charge in [-0.3, -0.25) is 9.69 Å². The number of carbonyl (C=O) groups excluding carboxylic acids is 2. The average Bonchev–Trinajstić information content (AvgIpc) is 3.47. The van der Waals surface area contributed by atoms with Crippen LogP contribution in [0.25, 0.3) is 33.7 Å². The second-order valence-electron chi connectivity index (χ2n) is 12.1. The Kier molecular flexibility index (Phi) is 8.46. The van der Waals surface area contributed by atoms with Gasteiger partial charge >= 0.3 is 6.09 Å². The number of fused-ring (bicyclic) bond motifs is 2. The highest BCUT2D eigenvalue weighted by Gasteiger charge is 2.36. The average molecular weight is 624 g/mol. The third kappa shape index (κ3) is 6.29. The molecule has 46 heavy (non-hydrogen) atoms. The fourth-order valence-corrected chi connectivity index (χ4v) is 5.63. The smallest absolute Gasteiger partial charge is 0.410 e. The first-order valence-electron chi connectivity index (χ1n) is 15.1. The highest BCUT2D eigenvalue weighted by Crippen LogP contribution is 2.32. The van der Waals surface area contributed by atoms with Crippen LogP contribution in [0.5, 0.6) is 0 Å². The van der Waals surface area contributed by atoms with E-state index < -0.39 is 29.5 Å². The van der Waals surface area contributed by atoms with E-state index in [1.807, 2.05) is 24.3 Å². The molecule has 6 rings (SSSR count). The van der Waals surface area contributed by atoms with Crippen molar-refractivity contribution in [2.75, 3.05) is 24.6 Å². The molecule has 0 bridgehead atoms. The van der Waals surface area contributed by atoms with Crippen molar-refractivity contribution in [3.63, 3.8) is 0 Å². The van der Waals surface area contributed by atoms with Gasteiger partial charge in [-0.1, -0.05) is 29.5 Å². The van der Waals surface area contributed by atoms with Crippen LogP contribution in [0.1, 0.15) is 49.5 Å². The number of likely N-dealkylation sites (tertiary alicyclic amines) is 1. The van der Waals surface area contributed by atoms with E-state index in [1.165, 1.54) is 21.7 Å². The number of rotatable bonds is 6. The number of hydrogen-bond donors (Lipinski definition) is 1. The van der Waals surface area contributed by atoms with Gasteiger partial charge in [0.1, 0.15) is 22.8 Å². The summed E-state index contributed by atoms with van der Waals surface area (Å²) in [6.45, 7) is 5.93. The zero-order chi connectivity index (χ0) is 32.4. The van der Waals surface area contributed by atoms with E-state index in [9.17, 15) is 14.7 Å². The van der Waals surface area contributed by atoms with E-state index in [0.717, 1.165) is 10.9 Å². The molecule has 2 amide bonds. The van der Waals surface area contributed by atoms with Gasteiger partial charge in [-0.25, -0.2) is 19.2 Å². The van der Waals surface area contributed by atoms with Crippen LogP contribution in [0.4, 0.5) is 15.0 Å². The number of nitrogens with zero attached hydrogens (tertiary/aromatic N) is 7. The minimum atomic E-state index is -0.751. The minimum Gasteiger partial charge on any atom is -0.444 e. The molecule has 0 spiro atoms. The van der Waals surface area contributed by atoms with E-state index in [4.69, 9.17) is 4.74 Å². The van der Waals surface area contributed by atoms with E-state index in [-0.39, 0.29) is 18.7 Å². The summed E-state index contributed by atoms with van der Waals surface area (Å²) >= 11 is 0. The number of pyridine rings is 2. The molecule has 5 aromatic rings. The van der Waals surface area contributed by atoms with E-state index in [2.05, 4.69) is 20.3 Å². The molecule has 0 unspecified atom stereocenters. The number of hydrogen-bond acceptors (Lipinski definition) is 8. The van der Waals surface area contributed by atoms with Crippen molar-refractivity contribution in [1.82, 2.24) is 29.9 Å². The lowest BCUT2D eigenvalue weighted by molar-refractivity contribution is 0.0196. The van der Waals surface area contributed by atoms with Crippen molar-refractivity contribution in [2.24, 2.45) is 0 Å². The van der Waals surface area contributed by atoms with Gasteiger partial charge in [0.05, 0.1) is 23.9 Å². The lowest BCUT2D eigenvalue weighted by atomic mass is 10.0. The molecule has 3 aromatic heterocycles. The quantitative estimate of drug-likeness (QED) is 0.261. The molecule has 0 radical (unpaired) electrons. The number of halogens is 1. The Hall–Kier alpha value is -5.23. The highest BCUT2D eigenvalue weighted by molar-refractivity contribution is 6.10. The largest absolute Gasteiger partial charge is 0.444 e. The Balaban J connectivity index is 1.43. The van der Waals surface area contributed by atoms with Gasteiger partial charge < -0.3 is 14.7 Å². The number of aliphatic hydroxyl groups excluding tert-OH is 1. The van der Waals surface area contributed by atoms with Crippen LogP contribution < -0.4 is 4.90 Å². The number of aromatic nitrogens is 5. The number of piperidine rings is 1. The molecular weight excluding hydrogens is 589 g/mol. The molecule has 1 N–H and O–H groups in total. The van der Waals surface area contributed by atoms with Gasteiger partial charge in [0.25, 0.3) is 5.91 Å². The predicted molar refractivity (Wildman–Crippen MR) is 172 cm³/mol. The molecule has 12 heteroatoms. The van der Waals surface area contributed by atoms with Crippen molar-refractivity contribution < 1.29 is 23.8 Å². The molecule has 1 aliphatic rings. The summed E-state index contributed by atoms with van der Waals surface area (Å²) in [5.41, 5.74) is 1.32. The maximum atomic E-state index is 16.0. The number of benzene rings is 2. The number of aliphatic hydroxyl groups is 1. The Morgan fingerprint density at radius 2 is 1.96 bits per heavy atom. The first-order valence-corrected chi connectivity index (χ1v) is 15.1. The van der Waals surface area contributed by atoms with Crippen molar-refractivity contribution in [3.8, 4) is 5.69 Å². The molecule has 1 saturated heterocycles. The summed E-state index contributed by atoms with van der Waals surface area (Å²) in [5, 5.41) is 19.0. The second-order valence-corrected chi connectivity index (χ2v) is 12.1. The lowest BCUT2D eigenvalue weighted by Gasteiger charge is -2.39. The highest BCUT2D eigenvalue weighted by atomic mass is 19.1. The Morgan fingerprint density at radius 3 is 2.74 bits per heavy atom. The van der Waals surface area contributed by atoms with Gasteiger partial charge in [0.15, 0.2) is 5.65 Å². The lowest BCUT2D eigenvalue weighted by Crippen LogP contribution is -2.53.